The number of rotatable bonds is 7. The summed E-state index contributed by atoms with van der Waals surface area (Å²) < 4.78 is 10.7. The van der Waals surface area contributed by atoms with E-state index in [4.69, 9.17) is 9.47 Å². The first kappa shape index (κ1) is 23.6. The van der Waals surface area contributed by atoms with E-state index >= 15 is 0 Å². The van der Waals surface area contributed by atoms with Crippen LogP contribution in [0.2, 0.25) is 0 Å². The molecule has 0 atom stereocenters. The Morgan fingerprint density at radius 2 is 1.27 bits per heavy atom. The Hall–Kier alpha value is -2.56. The minimum absolute atomic E-state index is 0.0482. The molecule has 0 amide bonds. The maximum Gasteiger partial charge on any atom is 0.118 e. The van der Waals surface area contributed by atoms with E-state index < -0.39 is 0 Å². The van der Waals surface area contributed by atoms with E-state index in [1.165, 1.54) is 34.6 Å². The van der Waals surface area contributed by atoms with Gasteiger partial charge >= 0.3 is 0 Å². The molecular weight excluding hydrogens is 444 g/mol. The second kappa shape index (κ2) is 11.0. The lowest BCUT2D eigenvalue weighted by Gasteiger charge is -2.34. The number of allylic oxidation sites excluding steroid dienone is 2. The van der Waals surface area contributed by atoms with Crippen LogP contribution < -0.4 is 9.47 Å². The number of ether oxygens (including phenoxy) is 2. The van der Waals surface area contributed by atoms with Crippen molar-refractivity contribution in [2.75, 3.05) is 25.7 Å². The Balaban J connectivity index is 1.72. The lowest BCUT2D eigenvalue weighted by atomic mass is 9.97. The fraction of sp³-hybridized carbons (Fsp3) is 0.241. The fourth-order valence-corrected chi connectivity index (χ4v) is 7.02. The number of methoxy groups -OCH3 is 2. The summed E-state index contributed by atoms with van der Waals surface area (Å²) in [5.74, 6) is 4.07. The summed E-state index contributed by atoms with van der Waals surface area (Å²) in [6, 6.07) is 25.5. The van der Waals surface area contributed by atoms with Crippen LogP contribution in [0.3, 0.4) is 0 Å². The minimum Gasteiger partial charge on any atom is -0.497 e. The van der Waals surface area contributed by atoms with Gasteiger partial charge in [-0.2, -0.15) is 0 Å². The zero-order valence-electron chi connectivity index (χ0n) is 19.4. The molecule has 0 aromatic heterocycles. The van der Waals surface area contributed by atoms with Crippen LogP contribution in [0.1, 0.15) is 28.7 Å². The third kappa shape index (κ3) is 5.69. The van der Waals surface area contributed by atoms with Crippen molar-refractivity contribution in [1.82, 2.24) is 0 Å². The summed E-state index contributed by atoms with van der Waals surface area (Å²) in [6.45, 7) is 2.15. The molecular formula is C29H30O2S2. The second-order valence-corrected chi connectivity index (χ2v) is 10.9. The topological polar surface area (TPSA) is 18.5 Å². The molecule has 1 heterocycles. The molecule has 4 heteroatoms. The lowest BCUT2D eigenvalue weighted by Crippen LogP contribution is -2.20. The zero-order chi connectivity index (χ0) is 23.1. The van der Waals surface area contributed by atoms with Crippen molar-refractivity contribution in [2.45, 2.75) is 17.4 Å². The predicted molar refractivity (Wildman–Crippen MR) is 145 cm³/mol. The zero-order valence-corrected chi connectivity index (χ0v) is 21.0. The average Bonchev–Trinajstić information content (AvgIpc) is 2.88. The molecule has 33 heavy (non-hydrogen) atoms. The first-order valence-electron chi connectivity index (χ1n) is 11.2. The van der Waals surface area contributed by atoms with E-state index in [2.05, 4.69) is 73.7 Å². The highest BCUT2D eigenvalue weighted by Gasteiger charge is 2.32. The highest BCUT2D eigenvalue weighted by Crippen LogP contribution is 2.51. The van der Waals surface area contributed by atoms with E-state index in [1.54, 1.807) is 14.2 Å². The normalized spacial score (nSPS) is 15.2. The Labute approximate surface area is 206 Å². The van der Waals surface area contributed by atoms with Gasteiger partial charge in [-0.05, 0) is 71.4 Å². The summed E-state index contributed by atoms with van der Waals surface area (Å²) >= 11 is 4.07. The third-order valence-electron chi connectivity index (χ3n) is 5.76. The monoisotopic (exact) mass is 474 g/mol. The summed E-state index contributed by atoms with van der Waals surface area (Å²) in [5.41, 5.74) is 6.13. The molecule has 1 saturated heterocycles. The minimum atomic E-state index is -0.0482. The summed E-state index contributed by atoms with van der Waals surface area (Å²) in [5, 5.41) is 0. The van der Waals surface area contributed by atoms with Gasteiger partial charge in [-0.25, -0.2) is 0 Å². The van der Waals surface area contributed by atoms with Gasteiger partial charge in [0.2, 0.25) is 0 Å². The molecule has 0 bridgehead atoms. The summed E-state index contributed by atoms with van der Waals surface area (Å²) in [6.07, 6.45) is 8.10. The largest absolute Gasteiger partial charge is 0.497 e. The van der Waals surface area contributed by atoms with E-state index in [-0.39, 0.29) is 4.08 Å². The highest BCUT2D eigenvalue weighted by molar-refractivity contribution is 8.18. The van der Waals surface area contributed by atoms with Gasteiger partial charge in [0.15, 0.2) is 0 Å². The molecule has 1 fully saturated rings. The van der Waals surface area contributed by atoms with Crippen molar-refractivity contribution in [3.63, 3.8) is 0 Å². The van der Waals surface area contributed by atoms with E-state index in [0.29, 0.717) is 0 Å². The molecule has 1 aliphatic rings. The van der Waals surface area contributed by atoms with Crippen molar-refractivity contribution in [3.05, 3.63) is 113 Å². The molecule has 0 saturated carbocycles. The van der Waals surface area contributed by atoms with Crippen LogP contribution in [0, 0.1) is 6.92 Å². The number of hydrogen-bond acceptors (Lipinski definition) is 4. The van der Waals surface area contributed by atoms with E-state index in [1.807, 2.05) is 47.8 Å². The second-order valence-electron chi connectivity index (χ2n) is 7.98. The van der Waals surface area contributed by atoms with Gasteiger partial charge in [-0.3, -0.25) is 0 Å². The predicted octanol–water partition coefficient (Wildman–Crippen LogP) is 7.72. The molecule has 1 aliphatic heterocycles. The number of benzene rings is 3. The fourth-order valence-electron chi connectivity index (χ4n) is 3.86. The van der Waals surface area contributed by atoms with Crippen molar-refractivity contribution >= 4 is 29.1 Å². The molecule has 2 nitrogen and oxygen atoms in total. The highest BCUT2D eigenvalue weighted by atomic mass is 32.2. The SMILES string of the molecule is COc1ccc(C(=CC=CC2(c3ccc(C)cc3)SCCCS2)c2ccc(OC)cc2)cc1. The van der Waals surface area contributed by atoms with Crippen LogP contribution in [0.4, 0.5) is 0 Å². The third-order valence-corrected chi connectivity index (χ3v) is 9.05. The standard InChI is InChI=1S/C29H30O2S2/c1-22-7-13-25(14-8-22)29(32-20-5-21-33-29)19-4-6-28(23-9-15-26(30-2)16-10-23)24-11-17-27(31-3)18-12-24/h4,6-19H,5,20-21H2,1-3H3. The summed E-state index contributed by atoms with van der Waals surface area (Å²) in [7, 11) is 3.39. The molecule has 3 aromatic rings. The molecule has 0 unspecified atom stereocenters. The molecule has 0 aliphatic carbocycles. The molecule has 0 radical (unpaired) electrons. The first-order chi connectivity index (χ1) is 16.1. The Morgan fingerprint density at radius 3 is 1.76 bits per heavy atom. The molecule has 170 valence electrons. The van der Waals surface area contributed by atoms with Crippen molar-refractivity contribution in [2.24, 2.45) is 0 Å². The van der Waals surface area contributed by atoms with Gasteiger partial charge in [0, 0.05) is 0 Å². The van der Waals surface area contributed by atoms with Crippen LogP contribution >= 0.6 is 23.5 Å². The van der Waals surface area contributed by atoms with Crippen molar-refractivity contribution < 1.29 is 9.47 Å². The number of hydrogen-bond donors (Lipinski definition) is 0. The summed E-state index contributed by atoms with van der Waals surface area (Å²) in [4.78, 5) is 0. The van der Waals surface area contributed by atoms with Crippen molar-refractivity contribution in [3.8, 4) is 11.5 Å². The van der Waals surface area contributed by atoms with Gasteiger partial charge in [0.05, 0.1) is 14.2 Å². The van der Waals surface area contributed by atoms with Crippen molar-refractivity contribution in [1.29, 1.82) is 0 Å². The van der Waals surface area contributed by atoms with Crippen LogP contribution in [0.15, 0.2) is 91.0 Å². The molecule has 0 N–H and O–H groups in total. The number of aryl methyl sites for hydroxylation is 1. The Kier molecular flexibility index (Phi) is 7.89. The molecule has 3 aromatic carbocycles. The maximum absolute atomic E-state index is 5.36. The Morgan fingerprint density at radius 1 is 0.758 bits per heavy atom. The smallest absolute Gasteiger partial charge is 0.118 e. The first-order valence-corrected chi connectivity index (χ1v) is 13.1. The van der Waals surface area contributed by atoms with Gasteiger partial charge in [0.1, 0.15) is 15.6 Å². The van der Waals surface area contributed by atoms with E-state index in [0.717, 1.165) is 22.6 Å². The quantitative estimate of drug-likeness (QED) is 0.326. The van der Waals surface area contributed by atoms with Gasteiger partial charge in [-0.15, -0.1) is 23.5 Å². The van der Waals surface area contributed by atoms with Gasteiger partial charge in [-0.1, -0.05) is 72.3 Å². The molecule has 0 spiro atoms. The van der Waals surface area contributed by atoms with Crippen LogP contribution in [0.5, 0.6) is 11.5 Å². The molecule has 4 rings (SSSR count). The van der Waals surface area contributed by atoms with E-state index in [9.17, 15) is 0 Å². The Bertz CT molecular complexity index is 1040. The lowest BCUT2D eigenvalue weighted by molar-refractivity contribution is 0.414. The van der Waals surface area contributed by atoms with Gasteiger partial charge in [0.25, 0.3) is 0 Å². The van der Waals surface area contributed by atoms with Crippen LogP contribution in [0.25, 0.3) is 5.57 Å². The van der Waals surface area contributed by atoms with Crippen LogP contribution in [-0.4, -0.2) is 25.7 Å². The van der Waals surface area contributed by atoms with Crippen LogP contribution in [-0.2, 0) is 4.08 Å². The van der Waals surface area contributed by atoms with Gasteiger partial charge < -0.3 is 9.47 Å². The maximum atomic E-state index is 5.36. The average molecular weight is 475 g/mol. The number of thioether (sulfide) groups is 2.